The van der Waals surface area contributed by atoms with E-state index >= 15 is 0 Å². The van der Waals surface area contributed by atoms with E-state index in [1.807, 2.05) is 24.3 Å². The number of rotatable bonds is 17. The monoisotopic (exact) mass is 450 g/mol. The third kappa shape index (κ3) is 12.9. The summed E-state index contributed by atoms with van der Waals surface area (Å²) < 4.78 is 5.82. The molecule has 0 atom stereocenters. The predicted molar refractivity (Wildman–Crippen MR) is 139 cm³/mol. The number of carbonyl (C=O) groups is 1. The van der Waals surface area contributed by atoms with Crippen molar-refractivity contribution in [1.29, 1.82) is 0 Å². The number of benzene rings is 2. The molecule has 0 aliphatic heterocycles. The molecular weight excluding hydrogens is 408 g/mol. The molecule has 2 aromatic carbocycles. The van der Waals surface area contributed by atoms with Crippen molar-refractivity contribution in [1.82, 2.24) is 5.43 Å². The second kappa shape index (κ2) is 16.9. The molecule has 1 N–H and O–H groups in total. The second-order valence-corrected chi connectivity index (χ2v) is 8.92. The van der Waals surface area contributed by atoms with E-state index in [4.69, 9.17) is 4.74 Å². The fourth-order valence-electron chi connectivity index (χ4n) is 3.69. The van der Waals surface area contributed by atoms with Crippen molar-refractivity contribution in [2.24, 2.45) is 5.10 Å². The smallest absolute Gasteiger partial charge is 0.240 e. The number of hydrogen-bond donors (Lipinski definition) is 1. The third-order valence-corrected chi connectivity index (χ3v) is 5.82. The lowest BCUT2D eigenvalue weighted by atomic mass is 10.1. The Morgan fingerprint density at radius 3 is 2.00 bits per heavy atom. The summed E-state index contributed by atoms with van der Waals surface area (Å²) in [4.78, 5) is 11.9. The summed E-state index contributed by atoms with van der Waals surface area (Å²) >= 11 is 0. The first-order chi connectivity index (χ1) is 16.2. The summed E-state index contributed by atoms with van der Waals surface area (Å²) in [6.07, 6.45) is 16.3. The van der Waals surface area contributed by atoms with Crippen LogP contribution >= 0.6 is 0 Å². The number of unbranched alkanes of at least 4 members (excludes halogenated alkanes) is 10. The fourth-order valence-corrected chi connectivity index (χ4v) is 3.69. The lowest BCUT2D eigenvalue weighted by Gasteiger charge is -2.07. The second-order valence-electron chi connectivity index (χ2n) is 8.92. The molecule has 1 amide bonds. The Morgan fingerprint density at radius 2 is 1.39 bits per heavy atom. The van der Waals surface area contributed by atoms with Gasteiger partial charge in [-0.1, -0.05) is 101 Å². The molecule has 0 fully saturated rings. The number of hydrogen-bond acceptors (Lipinski definition) is 3. The van der Waals surface area contributed by atoms with Gasteiger partial charge in [0.1, 0.15) is 12.4 Å². The predicted octanol–water partition coefficient (Wildman–Crippen LogP) is 7.73. The van der Waals surface area contributed by atoms with Gasteiger partial charge in [0, 0.05) is 6.42 Å². The highest BCUT2D eigenvalue weighted by Crippen LogP contribution is 2.14. The molecule has 2 rings (SSSR count). The molecule has 0 spiro atoms. The first-order valence-electron chi connectivity index (χ1n) is 12.8. The van der Waals surface area contributed by atoms with Crippen molar-refractivity contribution in [3.05, 3.63) is 65.2 Å². The average molecular weight is 451 g/mol. The molecule has 0 radical (unpaired) electrons. The Labute approximate surface area is 200 Å². The molecule has 0 saturated carbocycles. The van der Waals surface area contributed by atoms with Crippen LogP contribution < -0.4 is 10.2 Å². The normalized spacial score (nSPS) is 11.1. The fraction of sp³-hybridized carbons (Fsp3) is 0.517. The first kappa shape index (κ1) is 26.6. The number of hydrazone groups is 1. The number of ether oxygens (including phenoxy) is 1. The number of aryl methyl sites for hydroxylation is 1. The van der Waals surface area contributed by atoms with Gasteiger partial charge in [0.15, 0.2) is 0 Å². The van der Waals surface area contributed by atoms with E-state index < -0.39 is 0 Å². The Kier molecular flexibility index (Phi) is 13.7. The number of nitrogens with zero attached hydrogens (tertiary/aromatic N) is 1. The Hall–Kier alpha value is -2.62. The van der Waals surface area contributed by atoms with E-state index in [1.54, 1.807) is 6.21 Å². The minimum atomic E-state index is -0.0137. The largest absolute Gasteiger partial charge is 0.489 e. The summed E-state index contributed by atoms with van der Waals surface area (Å²) in [6.45, 7) is 4.88. The van der Waals surface area contributed by atoms with Crippen molar-refractivity contribution in [3.8, 4) is 5.75 Å². The maximum absolute atomic E-state index is 11.9. The van der Waals surface area contributed by atoms with E-state index in [-0.39, 0.29) is 5.91 Å². The van der Waals surface area contributed by atoms with Gasteiger partial charge in [-0.15, -0.1) is 0 Å². The highest BCUT2D eigenvalue weighted by atomic mass is 16.5. The van der Waals surface area contributed by atoms with Crippen LogP contribution in [0.25, 0.3) is 0 Å². The van der Waals surface area contributed by atoms with Crippen LogP contribution in [0.5, 0.6) is 5.75 Å². The van der Waals surface area contributed by atoms with Crippen molar-refractivity contribution in [3.63, 3.8) is 0 Å². The van der Waals surface area contributed by atoms with Crippen LogP contribution in [0, 0.1) is 6.92 Å². The minimum Gasteiger partial charge on any atom is -0.489 e. The minimum absolute atomic E-state index is 0.0137. The van der Waals surface area contributed by atoms with E-state index in [0.717, 1.165) is 29.7 Å². The van der Waals surface area contributed by atoms with Gasteiger partial charge in [0.2, 0.25) is 5.91 Å². The summed E-state index contributed by atoms with van der Waals surface area (Å²) in [5, 5.41) is 4.08. The Morgan fingerprint density at radius 1 is 0.818 bits per heavy atom. The van der Waals surface area contributed by atoms with E-state index in [0.29, 0.717) is 13.0 Å². The van der Waals surface area contributed by atoms with E-state index in [9.17, 15) is 4.79 Å². The van der Waals surface area contributed by atoms with E-state index in [1.165, 1.54) is 63.4 Å². The van der Waals surface area contributed by atoms with Crippen LogP contribution in [0.2, 0.25) is 0 Å². The van der Waals surface area contributed by atoms with Crippen LogP contribution in [0.4, 0.5) is 0 Å². The van der Waals surface area contributed by atoms with Crippen LogP contribution in [-0.4, -0.2) is 12.1 Å². The zero-order valence-corrected chi connectivity index (χ0v) is 20.7. The zero-order chi connectivity index (χ0) is 23.6. The van der Waals surface area contributed by atoms with E-state index in [2.05, 4.69) is 48.6 Å². The molecule has 4 nitrogen and oxygen atoms in total. The van der Waals surface area contributed by atoms with Gasteiger partial charge in [-0.3, -0.25) is 4.79 Å². The van der Waals surface area contributed by atoms with Crippen molar-refractivity contribution < 1.29 is 9.53 Å². The van der Waals surface area contributed by atoms with Crippen LogP contribution in [-0.2, 0) is 11.4 Å². The molecule has 0 bridgehead atoms. The van der Waals surface area contributed by atoms with Gasteiger partial charge in [-0.05, 0) is 48.7 Å². The van der Waals surface area contributed by atoms with Crippen LogP contribution in [0.15, 0.2) is 53.6 Å². The maximum Gasteiger partial charge on any atom is 0.240 e. The molecular formula is C29H42N2O2. The SMILES string of the molecule is CCCCCCCCCCCCCC(=O)NN=Cc1ccc(OCc2ccc(C)cc2)cc1. The molecule has 0 heterocycles. The van der Waals surface area contributed by atoms with Crippen LogP contribution in [0.1, 0.15) is 101 Å². The Bertz CT molecular complexity index is 797. The van der Waals surface area contributed by atoms with Crippen LogP contribution in [0.3, 0.4) is 0 Å². The molecule has 0 saturated heterocycles. The molecule has 0 aromatic heterocycles. The summed E-state index contributed by atoms with van der Waals surface area (Å²) in [6, 6.07) is 16.0. The topological polar surface area (TPSA) is 50.7 Å². The molecule has 0 aliphatic carbocycles. The standard InChI is InChI=1S/C29H42N2O2/c1-3-4-5-6-7-8-9-10-11-12-13-14-29(32)31-30-23-26-19-21-28(22-20-26)33-24-27-17-15-25(2)16-18-27/h15-23H,3-14,24H2,1-2H3,(H,31,32). The third-order valence-electron chi connectivity index (χ3n) is 5.82. The quantitative estimate of drug-likeness (QED) is 0.152. The van der Waals surface area contributed by atoms with Gasteiger partial charge >= 0.3 is 0 Å². The van der Waals surface area contributed by atoms with Gasteiger partial charge in [-0.25, -0.2) is 5.43 Å². The maximum atomic E-state index is 11.9. The molecule has 0 aliphatic rings. The summed E-state index contributed by atoms with van der Waals surface area (Å²) in [5.41, 5.74) is 5.94. The molecule has 180 valence electrons. The van der Waals surface area contributed by atoms with Crippen molar-refractivity contribution >= 4 is 12.1 Å². The first-order valence-corrected chi connectivity index (χ1v) is 12.8. The summed E-state index contributed by atoms with van der Waals surface area (Å²) in [5.74, 6) is 0.800. The summed E-state index contributed by atoms with van der Waals surface area (Å²) in [7, 11) is 0. The van der Waals surface area contributed by atoms with Gasteiger partial charge in [-0.2, -0.15) is 5.10 Å². The van der Waals surface area contributed by atoms with Gasteiger partial charge in [0.05, 0.1) is 6.21 Å². The Balaban J connectivity index is 1.51. The number of carbonyl (C=O) groups excluding carboxylic acids is 1. The molecule has 0 unspecified atom stereocenters. The lowest BCUT2D eigenvalue weighted by Crippen LogP contribution is -2.16. The molecule has 4 heteroatoms. The highest BCUT2D eigenvalue weighted by molar-refractivity contribution is 5.82. The van der Waals surface area contributed by atoms with Crippen molar-refractivity contribution in [2.45, 2.75) is 97.5 Å². The number of nitrogens with one attached hydrogen (secondary N) is 1. The van der Waals surface area contributed by atoms with Crippen molar-refractivity contribution in [2.75, 3.05) is 0 Å². The van der Waals surface area contributed by atoms with Gasteiger partial charge < -0.3 is 4.74 Å². The average Bonchev–Trinajstić information content (AvgIpc) is 2.83. The lowest BCUT2D eigenvalue weighted by molar-refractivity contribution is -0.121. The zero-order valence-electron chi connectivity index (χ0n) is 20.7. The number of amides is 1. The van der Waals surface area contributed by atoms with Gasteiger partial charge in [0.25, 0.3) is 0 Å². The molecule has 33 heavy (non-hydrogen) atoms. The molecule has 2 aromatic rings. The highest BCUT2D eigenvalue weighted by Gasteiger charge is 2.00.